The maximum atomic E-state index is 12.9. The number of likely N-dealkylation sites (tertiary alicyclic amines) is 1. The Morgan fingerprint density at radius 3 is 2.48 bits per heavy atom. The van der Waals surface area contributed by atoms with Crippen LogP contribution >= 0.6 is 0 Å². The maximum Gasteiger partial charge on any atom is 0.340 e. The molecule has 0 spiro atoms. The molecule has 1 aromatic carbocycles. The van der Waals surface area contributed by atoms with Crippen LogP contribution in [-0.4, -0.2) is 47.4 Å². The van der Waals surface area contributed by atoms with Crippen molar-refractivity contribution in [3.05, 3.63) is 52.3 Å². The first-order chi connectivity index (χ1) is 13.9. The second-order valence-corrected chi connectivity index (χ2v) is 7.20. The van der Waals surface area contributed by atoms with Crippen LogP contribution < -0.4 is 5.32 Å². The van der Waals surface area contributed by atoms with E-state index in [4.69, 9.17) is 4.74 Å². The zero-order valence-electron chi connectivity index (χ0n) is 17.1. The third kappa shape index (κ3) is 4.34. The quantitative estimate of drug-likeness (QED) is 0.753. The summed E-state index contributed by atoms with van der Waals surface area (Å²) >= 11 is 0. The van der Waals surface area contributed by atoms with Gasteiger partial charge in [-0.3, -0.25) is 9.59 Å². The average molecular weight is 397 g/mol. The number of aromatic nitrogens is 1. The van der Waals surface area contributed by atoms with Crippen LogP contribution in [0, 0.1) is 13.8 Å². The first-order valence-corrected chi connectivity index (χ1v) is 10.00. The van der Waals surface area contributed by atoms with Crippen LogP contribution in [0.3, 0.4) is 0 Å². The number of carbonyl (C=O) groups is 3. The molecule has 1 fully saturated rings. The van der Waals surface area contributed by atoms with Gasteiger partial charge >= 0.3 is 5.97 Å². The van der Waals surface area contributed by atoms with E-state index in [1.807, 2.05) is 4.90 Å². The number of anilines is 1. The van der Waals surface area contributed by atoms with Crippen molar-refractivity contribution in [1.29, 1.82) is 0 Å². The number of H-pyrrole nitrogens is 1. The summed E-state index contributed by atoms with van der Waals surface area (Å²) in [5.41, 5.74) is 2.68. The largest absolute Gasteiger partial charge is 0.462 e. The molecule has 1 aromatic heterocycles. The number of nitrogens with zero attached hydrogens (tertiary/aromatic N) is 1. The molecule has 0 radical (unpaired) electrons. The number of carbonyl (C=O) groups excluding carboxylic acids is 3. The number of ether oxygens (including phenoxy) is 1. The van der Waals surface area contributed by atoms with Crippen molar-refractivity contribution < 1.29 is 19.1 Å². The molecule has 1 aliphatic rings. The lowest BCUT2D eigenvalue weighted by Gasteiger charge is -2.27. The Hall–Kier alpha value is -3.09. The van der Waals surface area contributed by atoms with E-state index in [9.17, 15) is 14.4 Å². The third-order valence-corrected chi connectivity index (χ3v) is 5.19. The Kier molecular flexibility index (Phi) is 6.36. The standard InChI is InChI=1S/C22H27N3O4/c1-4-29-22(28)18-14(2)19(23-15(18)3)20(26)24-17-11-7-6-10-16(17)21(27)25-12-8-5-9-13-25/h6-7,10-11,23H,4-5,8-9,12-13H2,1-3H3,(H,24,26). The van der Waals surface area contributed by atoms with E-state index in [1.54, 1.807) is 45.0 Å². The number of aryl methyl sites for hydroxylation is 1. The number of nitrogens with one attached hydrogen (secondary N) is 2. The van der Waals surface area contributed by atoms with Gasteiger partial charge in [-0.25, -0.2) is 4.79 Å². The highest BCUT2D eigenvalue weighted by atomic mass is 16.5. The molecule has 3 rings (SSSR count). The normalized spacial score (nSPS) is 13.8. The molecule has 0 unspecified atom stereocenters. The highest BCUT2D eigenvalue weighted by Crippen LogP contribution is 2.23. The second-order valence-electron chi connectivity index (χ2n) is 7.20. The van der Waals surface area contributed by atoms with Crippen molar-refractivity contribution in [3.8, 4) is 0 Å². The van der Waals surface area contributed by atoms with Crippen LogP contribution in [0.15, 0.2) is 24.3 Å². The molecule has 0 aliphatic carbocycles. The Bertz CT molecular complexity index is 926. The number of benzene rings is 1. The number of rotatable bonds is 5. The molecule has 7 nitrogen and oxygen atoms in total. The summed E-state index contributed by atoms with van der Waals surface area (Å²) in [5.74, 6) is -0.939. The number of hydrogen-bond donors (Lipinski definition) is 2. The summed E-state index contributed by atoms with van der Waals surface area (Å²) in [6.45, 7) is 6.90. The van der Waals surface area contributed by atoms with Crippen LogP contribution in [0.1, 0.15) is 68.6 Å². The lowest BCUT2D eigenvalue weighted by molar-refractivity contribution is 0.0524. The van der Waals surface area contributed by atoms with Gasteiger partial charge in [-0.1, -0.05) is 12.1 Å². The number of piperidine rings is 1. The van der Waals surface area contributed by atoms with Gasteiger partial charge < -0.3 is 19.9 Å². The fraction of sp³-hybridized carbons (Fsp3) is 0.409. The molecule has 2 heterocycles. The number of amides is 2. The van der Waals surface area contributed by atoms with Crippen molar-refractivity contribution >= 4 is 23.5 Å². The molecule has 0 atom stereocenters. The Labute approximate surface area is 170 Å². The predicted molar refractivity (Wildman–Crippen MR) is 110 cm³/mol. The van der Waals surface area contributed by atoms with Crippen LogP contribution in [0.4, 0.5) is 5.69 Å². The van der Waals surface area contributed by atoms with Gasteiger partial charge in [0.05, 0.1) is 23.4 Å². The lowest BCUT2D eigenvalue weighted by Crippen LogP contribution is -2.36. The zero-order chi connectivity index (χ0) is 21.0. The van der Waals surface area contributed by atoms with Gasteiger partial charge in [0.15, 0.2) is 0 Å². The lowest BCUT2D eigenvalue weighted by atomic mass is 10.1. The van der Waals surface area contributed by atoms with E-state index >= 15 is 0 Å². The van der Waals surface area contributed by atoms with Crippen LogP contribution in [0.5, 0.6) is 0 Å². The summed E-state index contributed by atoms with van der Waals surface area (Å²) in [6.07, 6.45) is 3.13. The predicted octanol–water partition coefficient (Wildman–Crippen LogP) is 3.69. The van der Waals surface area contributed by atoms with Gasteiger partial charge in [-0.15, -0.1) is 0 Å². The van der Waals surface area contributed by atoms with Gasteiger partial charge in [0.25, 0.3) is 11.8 Å². The number of hydrogen-bond acceptors (Lipinski definition) is 4. The third-order valence-electron chi connectivity index (χ3n) is 5.19. The highest BCUT2D eigenvalue weighted by Gasteiger charge is 2.25. The monoisotopic (exact) mass is 397 g/mol. The first-order valence-electron chi connectivity index (χ1n) is 10.00. The summed E-state index contributed by atoms with van der Waals surface area (Å²) in [6, 6.07) is 7.01. The van der Waals surface area contributed by atoms with E-state index in [0.29, 0.717) is 28.1 Å². The van der Waals surface area contributed by atoms with Gasteiger partial charge in [-0.2, -0.15) is 0 Å². The fourth-order valence-electron chi connectivity index (χ4n) is 3.72. The van der Waals surface area contributed by atoms with Gasteiger partial charge in [0.1, 0.15) is 5.69 Å². The second kappa shape index (κ2) is 8.94. The molecule has 1 saturated heterocycles. The molecule has 7 heteroatoms. The minimum absolute atomic E-state index is 0.0767. The van der Waals surface area contributed by atoms with Crippen molar-refractivity contribution in [2.24, 2.45) is 0 Å². The van der Waals surface area contributed by atoms with Gasteiger partial charge in [0.2, 0.25) is 0 Å². The van der Waals surface area contributed by atoms with E-state index in [0.717, 1.165) is 32.4 Å². The first kappa shape index (κ1) is 20.6. The summed E-state index contributed by atoms with van der Waals surface area (Å²) < 4.78 is 5.08. The fourth-order valence-corrected chi connectivity index (χ4v) is 3.72. The minimum Gasteiger partial charge on any atom is -0.462 e. The van der Waals surface area contributed by atoms with Crippen molar-refractivity contribution in [2.75, 3.05) is 25.0 Å². The number of para-hydroxylation sites is 1. The zero-order valence-corrected chi connectivity index (χ0v) is 17.1. The molecule has 1 aliphatic heterocycles. The maximum absolute atomic E-state index is 12.9. The molecule has 0 bridgehead atoms. The SMILES string of the molecule is CCOC(=O)c1c(C)[nH]c(C(=O)Nc2ccccc2C(=O)N2CCCCC2)c1C. The molecule has 154 valence electrons. The topological polar surface area (TPSA) is 91.5 Å². The van der Waals surface area contributed by atoms with E-state index in [1.165, 1.54) is 0 Å². The molecular weight excluding hydrogens is 370 g/mol. The Morgan fingerprint density at radius 1 is 1.10 bits per heavy atom. The van der Waals surface area contributed by atoms with Gasteiger partial charge in [-0.05, 0) is 57.7 Å². The molecule has 2 aromatic rings. The van der Waals surface area contributed by atoms with Crippen molar-refractivity contribution in [3.63, 3.8) is 0 Å². The number of esters is 1. The smallest absolute Gasteiger partial charge is 0.340 e. The van der Waals surface area contributed by atoms with Crippen molar-refractivity contribution in [2.45, 2.75) is 40.0 Å². The van der Waals surface area contributed by atoms with Crippen LogP contribution in [0.25, 0.3) is 0 Å². The van der Waals surface area contributed by atoms with Crippen LogP contribution in [-0.2, 0) is 4.74 Å². The van der Waals surface area contributed by atoms with E-state index in [2.05, 4.69) is 10.3 Å². The highest BCUT2D eigenvalue weighted by molar-refractivity contribution is 6.10. The summed E-state index contributed by atoms with van der Waals surface area (Å²) in [4.78, 5) is 42.8. The Balaban J connectivity index is 1.84. The summed E-state index contributed by atoms with van der Waals surface area (Å²) in [5, 5.41) is 2.83. The molecule has 2 amide bonds. The summed E-state index contributed by atoms with van der Waals surface area (Å²) in [7, 11) is 0. The minimum atomic E-state index is -0.460. The molecule has 29 heavy (non-hydrogen) atoms. The molecule has 0 saturated carbocycles. The Morgan fingerprint density at radius 2 is 1.79 bits per heavy atom. The average Bonchev–Trinajstić information content (AvgIpc) is 3.03. The number of aromatic amines is 1. The van der Waals surface area contributed by atoms with Crippen LogP contribution in [0.2, 0.25) is 0 Å². The molecular formula is C22H27N3O4. The molecule has 2 N–H and O–H groups in total. The van der Waals surface area contributed by atoms with Gasteiger partial charge in [0, 0.05) is 18.8 Å². The van der Waals surface area contributed by atoms with E-state index in [-0.39, 0.29) is 18.2 Å². The van der Waals surface area contributed by atoms with E-state index < -0.39 is 11.9 Å². The van der Waals surface area contributed by atoms with Crippen molar-refractivity contribution in [1.82, 2.24) is 9.88 Å².